The van der Waals surface area contributed by atoms with Crippen LogP contribution in [0.2, 0.25) is 10.0 Å². The van der Waals surface area contributed by atoms with Crippen molar-refractivity contribution in [3.05, 3.63) is 94.1 Å². The van der Waals surface area contributed by atoms with E-state index in [1.54, 1.807) is 0 Å². The fourth-order valence-corrected chi connectivity index (χ4v) is 3.36. The number of pyridine rings is 1. The van der Waals surface area contributed by atoms with Gasteiger partial charge in [0.05, 0.1) is 10.0 Å². The molecule has 0 aliphatic heterocycles. The van der Waals surface area contributed by atoms with Crippen molar-refractivity contribution >= 4 is 39.8 Å². The first kappa shape index (κ1) is 18.6. The van der Waals surface area contributed by atoms with Crippen molar-refractivity contribution in [2.75, 3.05) is 5.32 Å². The minimum Gasteiger partial charge on any atom is -0.455 e. The predicted octanol–water partition coefficient (Wildman–Crippen LogP) is 7.25. The molecule has 140 valence electrons. The largest absolute Gasteiger partial charge is 0.455 e. The highest BCUT2D eigenvalue weighted by Crippen LogP contribution is 2.33. The summed E-state index contributed by atoms with van der Waals surface area (Å²) in [4.78, 5) is 4.71. The van der Waals surface area contributed by atoms with Gasteiger partial charge in [-0.15, -0.1) is 0 Å². The summed E-state index contributed by atoms with van der Waals surface area (Å²) in [5, 5.41) is 5.59. The van der Waals surface area contributed by atoms with Crippen LogP contribution in [0.4, 0.5) is 5.69 Å². The van der Waals surface area contributed by atoms with E-state index in [0.717, 1.165) is 39.3 Å². The minimum atomic E-state index is 0.551. The van der Waals surface area contributed by atoms with Gasteiger partial charge in [-0.05, 0) is 48.9 Å². The summed E-state index contributed by atoms with van der Waals surface area (Å²) < 4.78 is 6.07. The first-order chi connectivity index (χ1) is 13.6. The van der Waals surface area contributed by atoms with E-state index < -0.39 is 0 Å². The molecule has 1 aromatic heterocycles. The third-order valence-corrected chi connectivity index (χ3v) is 5.11. The number of benzene rings is 3. The average molecular weight is 409 g/mol. The summed E-state index contributed by atoms with van der Waals surface area (Å²) in [6.45, 7) is 2.60. The number of halogens is 2. The summed E-state index contributed by atoms with van der Waals surface area (Å²) in [6.07, 6.45) is 0. The molecule has 0 saturated heterocycles. The Morgan fingerprint density at radius 2 is 1.71 bits per heavy atom. The van der Waals surface area contributed by atoms with Gasteiger partial charge in [0.2, 0.25) is 0 Å². The Labute approximate surface area is 173 Å². The third-order valence-electron chi connectivity index (χ3n) is 4.37. The van der Waals surface area contributed by atoms with E-state index in [1.807, 2.05) is 79.7 Å². The number of nitrogens with one attached hydrogen (secondary N) is 1. The Balaban J connectivity index is 1.67. The van der Waals surface area contributed by atoms with Crippen LogP contribution < -0.4 is 10.1 Å². The fraction of sp³-hybridized carbons (Fsp3) is 0.0870. The average Bonchev–Trinajstić information content (AvgIpc) is 2.70. The molecule has 0 amide bonds. The number of ether oxygens (including phenoxy) is 1. The lowest BCUT2D eigenvalue weighted by Gasteiger charge is -2.14. The van der Waals surface area contributed by atoms with Crippen molar-refractivity contribution in [1.82, 2.24) is 4.98 Å². The molecule has 0 fully saturated rings. The maximum Gasteiger partial charge on any atom is 0.153 e. The summed E-state index contributed by atoms with van der Waals surface area (Å²) in [5.41, 5.74) is 3.78. The molecule has 0 aliphatic carbocycles. The number of para-hydroxylation sites is 2. The minimum absolute atomic E-state index is 0.551. The molecule has 3 nitrogen and oxygen atoms in total. The first-order valence-corrected chi connectivity index (χ1v) is 9.67. The Bertz CT molecular complexity index is 1130. The zero-order chi connectivity index (χ0) is 19.5. The smallest absolute Gasteiger partial charge is 0.153 e. The van der Waals surface area contributed by atoms with Gasteiger partial charge in [0.15, 0.2) is 5.75 Å². The van der Waals surface area contributed by atoms with Crippen LogP contribution in [0.3, 0.4) is 0 Å². The van der Waals surface area contributed by atoms with Crippen molar-refractivity contribution < 1.29 is 4.74 Å². The summed E-state index contributed by atoms with van der Waals surface area (Å²) in [5.74, 6) is 1.51. The Hall–Kier alpha value is -2.75. The predicted molar refractivity (Wildman–Crippen MR) is 117 cm³/mol. The van der Waals surface area contributed by atoms with Crippen molar-refractivity contribution in [1.29, 1.82) is 0 Å². The van der Waals surface area contributed by atoms with Crippen molar-refractivity contribution in [2.24, 2.45) is 0 Å². The Morgan fingerprint density at radius 3 is 2.50 bits per heavy atom. The highest BCUT2D eigenvalue weighted by Gasteiger charge is 2.10. The van der Waals surface area contributed by atoms with Crippen LogP contribution in [-0.2, 0) is 6.54 Å². The van der Waals surface area contributed by atoms with E-state index in [2.05, 4.69) is 5.32 Å². The molecule has 0 spiro atoms. The molecular formula is C23H18Cl2N2O. The zero-order valence-electron chi connectivity index (χ0n) is 15.2. The number of hydrogen-bond acceptors (Lipinski definition) is 3. The number of aromatic nitrogens is 1. The molecule has 5 heteroatoms. The van der Waals surface area contributed by atoms with E-state index in [4.69, 9.17) is 32.9 Å². The van der Waals surface area contributed by atoms with Crippen molar-refractivity contribution in [2.45, 2.75) is 13.5 Å². The molecule has 4 aromatic rings. The van der Waals surface area contributed by atoms with Crippen LogP contribution in [0.15, 0.2) is 72.8 Å². The van der Waals surface area contributed by atoms with E-state index in [-0.39, 0.29) is 0 Å². The normalized spacial score (nSPS) is 10.8. The van der Waals surface area contributed by atoms with Gasteiger partial charge in [-0.1, -0.05) is 59.6 Å². The van der Waals surface area contributed by atoms with E-state index in [9.17, 15) is 0 Å². The molecule has 28 heavy (non-hydrogen) atoms. The summed E-state index contributed by atoms with van der Waals surface area (Å²) >= 11 is 12.1. The van der Waals surface area contributed by atoms with Crippen LogP contribution in [0.1, 0.15) is 11.3 Å². The number of nitrogens with zero attached hydrogens (tertiary/aromatic N) is 1. The van der Waals surface area contributed by atoms with Gasteiger partial charge in [-0.3, -0.25) is 0 Å². The van der Waals surface area contributed by atoms with Crippen molar-refractivity contribution in [3.8, 4) is 11.5 Å². The van der Waals surface area contributed by atoms with Gasteiger partial charge >= 0.3 is 0 Å². The quantitative estimate of drug-likeness (QED) is 0.377. The van der Waals surface area contributed by atoms with Gasteiger partial charge in [0.25, 0.3) is 0 Å². The topological polar surface area (TPSA) is 34.1 Å². The van der Waals surface area contributed by atoms with E-state index in [0.29, 0.717) is 16.6 Å². The van der Waals surface area contributed by atoms with Gasteiger partial charge in [0, 0.05) is 23.3 Å². The van der Waals surface area contributed by atoms with Crippen LogP contribution in [0.5, 0.6) is 11.5 Å². The SMILES string of the molecule is Cc1cc(NCc2ccc(Cl)c(Cl)c2)c2cccc(Oc3ccccc3)c2n1. The molecule has 1 heterocycles. The number of hydrogen-bond donors (Lipinski definition) is 1. The lowest BCUT2D eigenvalue weighted by atomic mass is 10.1. The first-order valence-electron chi connectivity index (χ1n) is 8.91. The van der Waals surface area contributed by atoms with Crippen LogP contribution >= 0.6 is 23.2 Å². The lowest BCUT2D eigenvalue weighted by molar-refractivity contribution is 0.487. The van der Waals surface area contributed by atoms with E-state index >= 15 is 0 Å². The summed E-state index contributed by atoms with van der Waals surface area (Å²) in [6, 6.07) is 23.3. The maximum atomic E-state index is 6.13. The maximum absolute atomic E-state index is 6.13. The molecule has 0 radical (unpaired) electrons. The fourth-order valence-electron chi connectivity index (χ4n) is 3.04. The second-order valence-corrected chi connectivity index (χ2v) is 7.30. The molecule has 3 aromatic carbocycles. The highest BCUT2D eigenvalue weighted by atomic mass is 35.5. The molecular weight excluding hydrogens is 391 g/mol. The number of fused-ring (bicyclic) bond motifs is 1. The highest BCUT2D eigenvalue weighted by molar-refractivity contribution is 6.42. The van der Waals surface area contributed by atoms with Crippen LogP contribution in [-0.4, -0.2) is 4.98 Å². The second-order valence-electron chi connectivity index (χ2n) is 6.48. The molecule has 4 rings (SSSR count). The molecule has 1 N–H and O–H groups in total. The lowest BCUT2D eigenvalue weighted by Crippen LogP contribution is -2.02. The summed E-state index contributed by atoms with van der Waals surface area (Å²) in [7, 11) is 0. The van der Waals surface area contributed by atoms with Crippen molar-refractivity contribution in [3.63, 3.8) is 0 Å². The Morgan fingerprint density at radius 1 is 0.893 bits per heavy atom. The monoisotopic (exact) mass is 408 g/mol. The molecule has 0 saturated carbocycles. The van der Waals surface area contributed by atoms with Crippen LogP contribution in [0, 0.1) is 6.92 Å². The zero-order valence-corrected chi connectivity index (χ0v) is 16.8. The van der Waals surface area contributed by atoms with Gasteiger partial charge in [-0.2, -0.15) is 0 Å². The number of rotatable bonds is 5. The van der Waals surface area contributed by atoms with Gasteiger partial charge in [-0.25, -0.2) is 4.98 Å². The van der Waals surface area contributed by atoms with Crippen LogP contribution in [0.25, 0.3) is 10.9 Å². The van der Waals surface area contributed by atoms with Gasteiger partial charge in [0.1, 0.15) is 11.3 Å². The number of aryl methyl sites for hydroxylation is 1. The van der Waals surface area contributed by atoms with E-state index in [1.165, 1.54) is 0 Å². The molecule has 0 atom stereocenters. The number of anilines is 1. The molecule has 0 bridgehead atoms. The molecule has 0 unspecified atom stereocenters. The third kappa shape index (κ3) is 4.06. The molecule has 0 aliphatic rings. The second kappa shape index (κ2) is 8.09. The van der Waals surface area contributed by atoms with Gasteiger partial charge < -0.3 is 10.1 Å². The standard InChI is InChI=1S/C23H18Cl2N2O/c1-15-12-21(26-14-16-10-11-19(24)20(25)13-16)18-8-5-9-22(23(18)27-15)28-17-6-3-2-4-7-17/h2-13H,14H2,1H3,(H,26,27). The Kier molecular flexibility index (Phi) is 5.38.